The van der Waals surface area contributed by atoms with Crippen LogP contribution in [0.4, 0.5) is 0 Å². The van der Waals surface area contributed by atoms with Gasteiger partial charge in [-0.1, -0.05) is 7.43 Å². The molecular weight excluding hydrogens is 192 g/mol. The molecule has 0 heterocycles. The summed E-state index contributed by atoms with van der Waals surface area (Å²) in [5, 5.41) is 9.02. The van der Waals surface area contributed by atoms with Gasteiger partial charge in [0.1, 0.15) is 11.4 Å². The fraction of sp³-hybridized carbons (Fsp3) is 0.417. The first-order valence-electron chi connectivity index (χ1n) is 4.41. The fourth-order valence-corrected chi connectivity index (χ4v) is 0.935. The summed E-state index contributed by atoms with van der Waals surface area (Å²) in [5.74, 6) is -0.241. The maximum Gasteiger partial charge on any atom is 0.338 e. The molecule has 1 aromatic carbocycles. The second-order valence-electron chi connectivity index (χ2n) is 4.05. The number of esters is 1. The monoisotopic (exact) mass is 210 g/mol. The molecular formula is C12H18O3. The summed E-state index contributed by atoms with van der Waals surface area (Å²) >= 11 is 0. The highest BCUT2D eigenvalue weighted by Gasteiger charge is 2.17. The number of ether oxygens (including phenoxy) is 1. The fourth-order valence-electron chi connectivity index (χ4n) is 0.935. The van der Waals surface area contributed by atoms with Crippen LogP contribution in [0.5, 0.6) is 5.75 Å². The van der Waals surface area contributed by atoms with Crippen LogP contribution in [0.1, 0.15) is 38.6 Å². The Kier molecular flexibility index (Phi) is 4.34. The van der Waals surface area contributed by atoms with Gasteiger partial charge in [-0.05, 0) is 45.0 Å². The van der Waals surface area contributed by atoms with E-state index in [0.717, 1.165) is 0 Å². The van der Waals surface area contributed by atoms with Gasteiger partial charge in [-0.2, -0.15) is 0 Å². The van der Waals surface area contributed by atoms with E-state index in [-0.39, 0.29) is 19.1 Å². The van der Waals surface area contributed by atoms with Crippen LogP contribution in [0.25, 0.3) is 0 Å². The molecule has 1 rings (SSSR count). The van der Waals surface area contributed by atoms with Gasteiger partial charge in [0.25, 0.3) is 0 Å². The van der Waals surface area contributed by atoms with Gasteiger partial charge in [-0.3, -0.25) is 0 Å². The van der Waals surface area contributed by atoms with E-state index in [2.05, 4.69) is 0 Å². The normalized spacial score (nSPS) is 10.3. The summed E-state index contributed by atoms with van der Waals surface area (Å²) in [6.07, 6.45) is 0. The Bertz CT molecular complexity index is 320. The summed E-state index contributed by atoms with van der Waals surface area (Å²) in [7, 11) is 0. The summed E-state index contributed by atoms with van der Waals surface area (Å²) < 4.78 is 5.14. The van der Waals surface area contributed by atoms with E-state index in [9.17, 15) is 4.79 Å². The average Bonchev–Trinajstić information content (AvgIpc) is 2.02. The van der Waals surface area contributed by atoms with Gasteiger partial charge >= 0.3 is 5.97 Å². The Morgan fingerprint density at radius 2 is 1.67 bits per heavy atom. The van der Waals surface area contributed by atoms with E-state index in [1.165, 1.54) is 24.3 Å². The average molecular weight is 210 g/mol. The van der Waals surface area contributed by atoms with E-state index in [1.807, 2.05) is 20.8 Å². The minimum absolute atomic E-state index is 0. The third-order valence-corrected chi connectivity index (χ3v) is 1.50. The third-order valence-electron chi connectivity index (χ3n) is 1.50. The van der Waals surface area contributed by atoms with Crippen LogP contribution in [0.2, 0.25) is 0 Å². The van der Waals surface area contributed by atoms with Gasteiger partial charge in [0.15, 0.2) is 0 Å². The Morgan fingerprint density at radius 3 is 2.07 bits per heavy atom. The molecule has 1 aromatic rings. The number of rotatable bonds is 1. The molecule has 0 aliphatic heterocycles. The zero-order valence-corrected chi connectivity index (χ0v) is 8.57. The van der Waals surface area contributed by atoms with Crippen molar-refractivity contribution in [3.8, 4) is 5.75 Å². The predicted octanol–water partition coefficient (Wildman–Crippen LogP) is 2.98. The van der Waals surface area contributed by atoms with E-state index >= 15 is 0 Å². The third kappa shape index (κ3) is 4.49. The molecule has 0 amide bonds. The lowest BCUT2D eigenvalue weighted by Gasteiger charge is -2.19. The van der Waals surface area contributed by atoms with E-state index in [1.54, 1.807) is 0 Å². The first-order valence-corrected chi connectivity index (χ1v) is 4.41. The lowest BCUT2D eigenvalue weighted by atomic mass is 10.1. The standard InChI is InChI=1S/C11H14O3.CH4/c1-11(2,3)14-10(13)8-4-6-9(12)7-5-8;/h4-7,12H,1-3H3;1H4. The molecule has 1 N–H and O–H groups in total. The molecule has 0 saturated heterocycles. The number of phenols is 1. The highest BCUT2D eigenvalue weighted by molar-refractivity contribution is 5.89. The quantitative estimate of drug-likeness (QED) is 0.725. The van der Waals surface area contributed by atoms with Crippen molar-refractivity contribution in [1.82, 2.24) is 0 Å². The summed E-state index contributed by atoms with van der Waals surface area (Å²) in [4.78, 5) is 11.5. The summed E-state index contributed by atoms with van der Waals surface area (Å²) in [6, 6.07) is 5.98. The minimum atomic E-state index is -0.491. The highest BCUT2D eigenvalue weighted by Crippen LogP contribution is 2.14. The Morgan fingerprint density at radius 1 is 1.20 bits per heavy atom. The van der Waals surface area contributed by atoms with Crippen molar-refractivity contribution in [2.75, 3.05) is 0 Å². The van der Waals surface area contributed by atoms with Crippen molar-refractivity contribution < 1.29 is 14.6 Å². The molecule has 15 heavy (non-hydrogen) atoms. The van der Waals surface area contributed by atoms with Gasteiger partial charge in [-0.25, -0.2) is 4.79 Å². The number of carbonyl (C=O) groups is 1. The highest BCUT2D eigenvalue weighted by atomic mass is 16.6. The van der Waals surface area contributed by atoms with Gasteiger partial charge in [-0.15, -0.1) is 0 Å². The first-order chi connectivity index (χ1) is 6.38. The van der Waals surface area contributed by atoms with Crippen LogP contribution in [0, 0.1) is 0 Å². The van der Waals surface area contributed by atoms with Crippen LogP contribution in [-0.4, -0.2) is 16.7 Å². The zero-order chi connectivity index (χ0) is 10.8. The molecule has 0 fully saturated rings. The van der Waals surface area contributed by atoms with Crippen LogP contribution >= 0.6 is 0 Å². The van der Waals surface area contributed by atoms with Crippen molar-refractivity contribution in [2.45, 2.75) is 33.8 Å². The Labute approximate surface area is 90.7 Å². The molecule has 0 aromatic heterocycles. The molecule has 0 radical (unpaired) electrons. The number of benzene rings is 1. The second-order valence-corrected chi connectivity index (χ2v) is 4.05. The lowest BCUT2D eigenvalue weighted by Crippen LogP contribution is -2.23. The van der Waals surface area contributed by atoms with Crippen molar-refractivity contribution in [2.24, 2.45) is 0 Å². The molecule has 0 saturated carbocycles. The molecule has 0 spiro atoms. The molecule has 0 atom stereocenters. The van der Waals surface area contributed by atoms with Crippen molar-refractivity contribution >= 4 is 5.97 Å². The topological polar surface area (TPSA) is 46.5 Å². The van der Waals surface area contributed by atoms with Crippen LogP contribution in [0.3, 0.4) is 0 Å². The first kappa shape index (κ1) is 13.5. The number of carbonyl (C=O) groups excluding carboxylic acids is 1. The van der Waals surface area contributed by atoms with Crippen LogP contribution in [-0.2, 0) is 4.74 Å². The van der Waals surface area contributed by atoms with Crippen LogP contribution < -0.4 is 0 Å². The maximum absolute atomic E-state index is 11.5. The van der Waals surface area contributed by atoms with Crippen molar-refractivity contribution in [1.29, 1.82) is 0 Å². The molecule has 3 nitrogen and oxygen atoms in total. The van der Waals surface area contributed by atoms with E-state index in [0.29, 0.717) is 5.56 Å². The van der Waals surface area contributed by atoms with E-state index < -0.39 is 5.60 Å². The molecule has 84 valence electrons. The second kappa shape index (κ2) is 4.82. The van der Waals surface area contributed by atoms with Crippen LogP contribution in [0.15, 0.2) is 24.3 Å². The number of aromatic hydroxyl groups is 1. The molecule has 0 aliphatic carbocycles. The van der Waals surface area contributed by atoms with Gasteiger partial charge in [0.2, 0.25) is 0 Å². The largest absolute Gasteiger partial charge is 0.508 e. The smallest absolute Gasteiger partial charge is 0.338 e. The maximum atomic E-state index is 11.5. The lowest BCUT2D eigenvalue weighted by molar-refractivity contribution is 0.00696. The molecule has 0 bridgehead atoms. The van der Waals surface area contributed by atoms with Gasteiger partial charge in [0.05, 0.1) is 5.56 Å². The van der Waals surface area contributed by atoms with Crippen molar-refractivity contribution in [3.05, 3.63) is 29.8 Å². The number of phenolic OH excluding ortho intramolecular Hbond substituents is 1. The molecule has 0 aliphatic rings. The summed E-state index contributed by atoms with van der Waals surface area (Å²) in [5.41, 5.74) is -0.0488. The Balaban J connectivity index is 0.00000196. The van der Waals surface area contributed by atoms with Crippen molar-refractivity contribution in [3.63, 3.8) is 0 Å². The minimum Gasteiger partial charge on any atom is -0.508 e. The summed E-state index contributed by atoms with van der Waals surface area (Å²) in [6.45, 7) is 5.43. The number of hydrogen-bond donors (Lipinski definition) is 1. The van der Waals surface area contributed by atoms with Gasteiger partial charge in [0, 0.05) is 0 Å². The SMILES string of the molecule is C.CC(C)(C)OC(=O)c1ccc(O)cc1. The molecule has 3 heteroatoms. The zero-order valence-electron chi connectivity index (χ0n) is 8.57. The van der Waals surface area contributed by atoms with Gasteiger partial charge < -0.3 is 9.84 Å². The number of hydrogen-bond acceptors (Lipinski definition) is 3. The predicted molar refractivity (Wildman–Crippen MR) is 60.0 cm³/mol. The molecule has 0 unspecified atom stereocenters. The Hall–Kier alpha value is -1.51. The van der Waals surface area contributed by atoms with E-state index in [4.69, 9.17) is 9.84 Å².